The lowest BCUT2D eigenvalue weighted by Gasteiger charge is -2.28. The molecule has 0 heterocycles. The van der Waals surface area contributed by atoms with Crippen molar-refractivity contribution >= 4 is 0 Å². The summed E-state index contributed by atoms with van der Waals surface area (Å²) in [5.74, 6) is 0. The van der Waals surface area contributed by atoms with Gasteiger partial charge < -0.3 is 5.32 Å². The van der Waals surface area contributed by atoms with Crippen LogP contribution in [0, 0.1) is 0 Å². The molecule has 1 heteroatoms. The first kappa shape index (κ1) is 11.7. The van der Waals surface area contributed by atoms with Gasteiger partial charge >= 0.3 is 0 Å². The van der Waals surface area contributed by atoms with Crippen LogP contribution >= 0.6 is 0 Å². The maximum absolute atomic E-state index is 3.71. The van der Waals surface area contributed by atoms with Crippen LogP contribution in [0.4, 0.5) is 0 Å². The van der Waals surface area contributed by atoms with E-state index in [1.165, 1.54) is 19.3 Å². The number of allylic oxidation sites excluding steroid dienone is 1. The molecule has 0 radical (unpaired) electrons. The highest BCUT2D eigenvalue weighted by Crippen LogP contribution is 2.13. The highest BCUT2D eigenvalue weighted by molar-refractivity contribution is 4.79. The Bertz CT molecular complexity index is 114. The van der Waals surface area contributed by atoms with Crippen molar-refractivity contribution in [3.05, 3.63) is 12.7 Å². The number of hydrogen-bond donors (Lipinski definition) is 1. The van der Waals surface area contributed by atoms with Gasteiger partial charge in [0.1, 0.15) is 0 Å². The van der Waals surface area contributed by atoms with Crippen LogP contribution in [-0.2, 0) is 0 Å². The Morgan fingerprint density at radius 1 is 1.33 bits per heavy atom. The molecule has 0 spiro atoms. The van der Waals surface area contributed by atoms with Gasteiger partial charge in [-0.3, -0.25) is 0 Å². The van der Waals surface area contributed by atoms with E-state index in [1.807, 2.05) is 6.08 Å². The summed E-state index contributed by atoms with van der Waals surface area (Å²) in [4.78, 5) is 0. The fourth-order valence-electron chi connectivity index (χ4n) is 1.14. The monoisotopic (exact) mass is 169 g/mol. The first-order valence-corrected chi connectivity index (χ1v) is 5.04. The van der Waals surface area contributed by atoms with E-state index >= 15 is 0 Å². The molecule has 0 bridgehead atoms. The molecule has 0 aliphatic rings. The number of rotatable bonds is 7. The Labute approximate surface area is 77.2 Å². The van der Waals surface area contributed by atoms with Gasteiger partial charge in [0.05, 0.1) is 0 Å². The molecule has 0 amide bonds. The van der Waals surface area contributed by atoms with E-state index in [-0.39, 0.29) is 0 Å². The summed E-state index contributed by atoms with van der Waals surface area (Å²) >= 11 is 0. The lowest BCUT2D eigenvalue weighted by atomic mass is 9.95. The standard InChI is InChI=1S/C11H23N/c1-5-8-9-10-12-11(4,6-2)7-3/h5,12H,1,6-10H2,2-4H3. The van der Waals surface area contributed by atoms with Crippen LogP contribution < -0.4 is 5.32 Å². The average Bonchev–Trinajstić information content (AvgIpc) is 2.12. The summed E-state index contributed by atoms with van der Waals surface area (Å²) in [6, 6.07) is 0. The Morgan fingerprint density at radius 3 is 2.33 bits per heavy atom. The zero-order valence-electron chi connectivity index (χ0n) is 8.82. The second-order valence-corrected chi connectivity index (χ2v) is 3.63. The molecular formula is C11H23N. The normalized spacial score (nSPS) is 11.6. The van der Waals surface area contributed by atoms with E-state index in [4.69, 9.17) is 0 Å². The quantitative estimate of drug-likeness (QED) is 0.456. The van der Waals surface area contributed by atoms with E-state index < -0.39 is 0 Å². The highest BCUT2D eigenvalue weighted by Gasteiger charge is 2.16. The van der Waals surface area contributed by atoms with Gasteiger partial charge in [0.25, 0.3) is 0 Å². The molecule has 0 atom stereocenters. The molecule has 1 N–H and O–H groups in total. The number of unbranched alkanes of at least 4 members (excludes halogenated alkanes) is 1. The third-order valence-corrected chi connectivity index (χ3v) is 2.70. The summed E-state index contributed by atoms with van der Waals surface area (Å²) in [7, 11) is 0. The van der Waals surface area contributed by atoms with Gasteiger partial charge in [0.15, 0.2) is 0 Å². The fraction of sp³-hybridized carbons (Fsp3) is 0.818. The third kappa shape index (κ3) is 4.55. The van der Waals surface area contributed by atoms with Gasteiger partial charge in [-0.2, -0.15) is 0 Å². The maximum Gasteiger partial charge on any atom is 0.0148 e. The molecule has 0 saturated heterocycles. The van der Waals surface area contributed by atoms with Crippen molar-refractivity contribution in [2.45, 2.75) is 52.0 Å². The van der Waals surface area contributed by atoms with Gasteiger partial charge in [0, 0.05) is 5.54 Å². The van der Waals surface area contributed by atoms with Crippen LogP contribution in [0.5, 0.6) is 0 Å². The van der Waals surface area contributed by atoms with Crippen molar-refractivity contribution in [2.24, 2.45) is 0 Å². The van der Waals surface area contributed by atoms with E-state index in [1.54, 1.807) is 0 Å². The largest absolute Gasteiger partial charge is 0.312 e. The van der Waals surface area contributed by atoms with Crippen molar-refractivity contribution in [2.75, 3.05) is 6.54 Å². The van der Waals surface area contributed by atoms with Gasteiger partial charge in [-0.15, -0.1) is 6.58 Å². The Morgan fingerprint density at radius 2 is 1.92 bits per heavy atom. The second-order valence-electron chi connectivity index (χ2n) is 3.63. The minimum atomic E-state index is 0.348. The zero-order chi connectivity index (χ0) is 9.45. The van der Waals surface area contributed by atoms with E-state index in [0.29, 0.717) is 5.54 Å². The molecule has 0 aliphatic heterocycles. The van der Waals surface area contributed by atoms with Gasteiger partial charge in [-0.05, 0) is 39.2 Å². The summed E-state index contributed by atoms with van der Waals surface area (Å²) < 4.78 is 0. The molecule has 0 saturated carbocycles. The van der Waals surface area contributed by atoms with Crippen LogP contribution in [-0.4, -0.2) is 12.1 Å². The summed E-state index contributed by atoms with van der Waals surface area (Å²) in [6.07, 6.45) is 6.72. The fourth-order valence-corrected chi connectivity index (χ4v) is 1.14. The molecule has 0 aromatic rings. The van der Waals surface area contributed by atoms with Crippen molar-refractivity contribution < 1.29 is 0 Å². The Hall–Kier alpha value is -0.300. The first-order chi connectivity index (χ1) is 5.68. The molecule has 0 rings (SSSR count). The molecule has 0 fully saturated rings. The highest BCUT2D eigenvalue weighted by atomic mass is 15.0. The lowest BCUT2D eigenvalue weighted by molar-refractivity contribution is 0.331. The minimum Gasteiger partial charge on any atom is -0.312 e. The SMILES string of the molecule is C=CCCCNC(C)(CC)CC. The van der Waals surface area contributed by atoms with Crippen molar-refractivity contribution in [1.82, 2.24) is 5.32 Å². The Kier molecular flexibility index (Phi) is 6.09. The van der Waals surface area contributed by atoms with Gasteiger partial charge in [-0.1, -0.05) is 19.9 Å². The molecule has 0 aliphatic carbocycles. The second kappa shape index (κ2) is 6.24. The summed E-state index contributed by atoms with van der Waals surface area (Å²) in [5, 5.41) is 3.58. The molecule has 12 heavy (non-hydrogen) atoms. The van der Waals surface area contributed by atoms with Crippen LogP contribution in [0.3, 0.4) is 0 Å². The molecular weight excluding hydrogens is 146 g/mol. The average molecular weight is 169 g/mol. The van der Waals surface area contributed by atoms with E-state index in [0.717, 1.165) is 13.0 Å². The van der Waals surface area contributed by atoms with Crippen molar-refractivity contribution in [3.8, 4) is 0 Å². The zero-order valence-corrected chi connectivity index (χ0v) is 8.82. The predicted molar refractivity (Wildman–Crippen MR) is 56.4 cm³/mol. The Balaban J connectivity index is 3.51. The van der Waals surface area contributed by atoms with Crippen LogP contribution in [0.1, 0.15) is 46.5 Å². The molecule has 0 unspecified atom stereocenters. The maximum atomic E-state index is 3.71. The summed E-state index contributed by atoms with van der Waals surface area (Å²) in [6.45, 7) is 11.6. The van der Waals surface area contributed by atoms with Crippen LogP contribution in [0.2, 0.25) is 0 Å². The predicted octanol–water partition coefficient (Wildman–Crippen LogP) is 3.12. The summed E-state index contributed by atoms with van der Waals surface area (Å²) in [5.41, 5.74) is 0.348. The van der Waals surface area contributed by atoms with Crippen LogP contribution in [0.25, 0.3) is 0 Å². The van der Waals surface area contributed by atoms with Crippen molar-refractivity contribution in [1.29, 1.82) is 0 Å². The van der Waals surface area contributed by atoms with Gasteiger partial charge in [-0.25, -0.2) is 0 Å². The topological polar surface area (TPSA) is 12.0 Å². The molecule has 0 aromatic heterocycles. The van der Waals surface area contributed by atoms with Crippen LogP contribution in [0.15, 0.2) is 12.7 Å². The minimum absolute atomic E-state index is 0.348. The van der Waals surface area contributed by atoms with Crippen molar-refractivity contribution in [3.63, 3.8) is 0 Å². The molecule has 0 aromatic carbocycles. The number of nitrogens with one attached hydrogen (secondary N) is 1. The molecule has 72 valence electrons. The third-order valence-electron chi connectivity index (χ3n) is 2.70. The smallest absolute Gasteiger partial charge is 0.0148 e. The lowest BCUT2D eigenvalue weighted by Crippen LogP contribution is -2.41. The van der Waals surface area contributed by atoms with Gasteiger partial charge in [0.2, 0.25) is 0 Å². The van der Waals surface area contributed by atoms with E-state index in [2.05, 4.69) is 32.7 Å². The molecule has 1 nitrogen and oxygen atoms in total. The van der Waals surface area contributed by atoms with E-state index in [9.17, 15) is 0 Å². The first-order valence-electron chi connectivity index (χ1n) is 5.04. The number of hydrogen-bond acceptors (Lipinski definition) is 1.